The van der Waals surface area contributed by atoms with E-state index in [4.69, 9.17) is 25.8 Å². The molecule has 0 spiro atoms. The molecule has 7 nitrogen and oxygen atoms in total. The minimum Gasteiger partial charge on any atom is -0.507 e. The van der Waals surface area contributed by atoms with Gasteiger partial charge in [0, 0.05) is 16.8 Å². The van der Waals surface area contributed by atoms with E-state index in [9.17, 15) is 14.7 Å². The molecule has 1 heterocycles. The zero-order valence-electron chi connectivity index (χ0n) is 21.1. The van der Waals surface area contributed by atoms with Crippen LogP contribution in [0.2, 0.25) is 5.02 Å². The molecule has 1 unspecified atom stereocenters. The Morgan fingerprint density at radius 1 is 0.946 bits per heavy atom. The van der Waals surface area contributed by atoms with Gasteiger partial charge in [-0.15, -0.1) is 0 Å². The molecule has 0 radical (unpaired) electrons. The first-order chi connectivity index (χ1) is 17.8. The predicted molar refractivity (Wildman–Crippen MR) is 143 cm³/mol. The molecule has 0 aromatic heterocycles. The lowest BCUT2D eigenvalue weighted by molar-refractivity contribution is -0.132. The van der Waals surface area contributed by atoms with Crippen LogP contribution in [0, 0.1) is 6.92 Å². The average molecular weight is 522 g/mol. The Kier molecular flexibility index (Phi) is 7.74. The van der Waals surface area contributed by atoms with Crippen LogP contribution in [0.5, 0.6) is 17.2 Å². The van der Waals surface area contributed by atoms with Crippen LogP contribution in [0.15, 0.2) is 66.2 Å². The lowest BCUT2D eigenvalue weighted by Gasteiger charge is -2.26. The third kappa shape index (κ3) is 5.00. The molecule has 37 heavy (non-hydrogen) atoms. The molecule has 1 N–H and O–H groups in total. The Morgan fingerprint density at radius 2 is 1.65 bits per heavy atom. The number of hydrogen-bond acceptors (Lipinski definition) is 6. The fourth-order valence-electron chi connectivity index (χ4n) is 4.45. The van der Waals surface area contributed by atoms with Gasteiger partial charge in [0.2, 0.25) is 0 Å². The monoisotopic (exact) mass is 521 g/mol. The number of ketones is 1. The van der Waals surface area contributed by atoms with E-state index in [1.807, 2.05) is 45.0 Å². The molecule has 4 rings (SSSR count). The van der Waals surface area contributed by atoms with Crippen molar-refractivity contribution >= 4 is 34.7 Å². The zero-order valence-corrected chi connectivity index (χ0v) is 21.8. The van der Waals surface area contributed by atoms with Crippen LogP contribution >= 0.6 is 11.6 Å². The molecule has 0 bridgehead atoms. The molecular weight excluding hydrogens is 494 g/mol. The van der Waals surface area contributed by atoms with Crippen molar-refractivity contribution in [3.63, 3.8) is 0 Å². The maximum Gasteiger partial charge on any atom is 0.300 e. The number of hydrogen-bond donors (Lipinski definition) is 1. The smallest absolute Gasteiger partial charge is 0.300 e. The lowest BCUT2D eigenvalue weighted by Crippen LogP contribution is -2.29. The predicted octanol–water partition coefficient (Wildman–Crippen LogP) is 6.08. The van der Waals surface area contributed by atoms with E-state index in [2.05, 4.69) is 0 Å². The summed E-state index contributed by atoms with van der Waals surface area (Å²) in [6, 6.07) is 16.3. The van der Waals surface area contributed by atoms with Crippen LogP contribution in [-0.4, -0.2) is 37.1 Å². The summed E-state index contributed by atoms with van der Waals surface area (Å²) in [6.45, 7) is 6.45. The molecule has 1 aliphatic heterocycles. The van der Waals surface area contributed by atoms with Crippen LogP contribution in [0.4, 0.5) is 5.69 Å². The van der Waals surface area contributed by atoms with Crippen LogP contribution in [0.1, 0.15) is 36.6 Å². The number of anilines is 1. The van der Waals surface area contributed by atoms with Crippen LogP contribution in [-0.2, 0) is 9.59 Å². The van der Waals surface area contributed by atoms with E-state index in [1.54, 1.807) is 30.3 Å². The summed E-state index contributed by atoms with van der Waals surface area (Å²) in [4.78, 5) is 28.4. The third-order valence-corrected chi connectivity index (χ3v) is 6.26. The van der Waals surface area contributed by atoms with Gasteiger partial charge in [-0.1, -0.05) is 41.4 Å². The van der Waals surface area contributed by atoms with Crippen molar-refractivity contribution in [2.45, 2.75) is 26.8 Å². The fraction of sp³-hybridized carbons (Fsp3) is 0.241. The average Bonchev–Trinajstić information content (AvgIpc) is 3.15. The summed E-state index contributed by atoms with van der Waals surface area (Å²) >= 11 is 6.20. The fourth-order valence-corrected chi connectivity index (χ4v) is 4.63. The molecule has 0 saturated carbocycles. The first-order valence-corrected chi connectivity index (χ1v) is 12.3. The van der Waals surface area contributed by atoms with Crippen molar-refractivity contribution in [2.75, 3.05) is 25.2 Å². The van der Waals surface area contributed by atoms with Crippen molar-refractivity contribution in [3.05, 3.63) is 87.9 Å². The summed E-state index contributed by atoms with van der Waals surface area (Å²) in [5.74, 6) is -0.680. The highest BCUT2D eigenvalue weighted by atomic mass is 35.5. The number of amides is 1. The summed E-state index contributed by atoms with van der Waals surface area (Å²) in [5, 5.41) is 11.8. The molecule has 1 aliphatic rings. The van der Waals surface area contributed by atoms with Crippen LogP contribution < -0.4 is 19.1 Å². The summed E-state index contributed by atoms with van der Waals surface area (Å²) in [7, 11) is 1.45. The highest BCUT2D eigenvalue weighted by Gasteiger charge is 2.47. The molecule has 3 aromatic carbocycles. The van der Waals surface area contributed by atoms with Gasteiger partial charge in [0.1, 0.15) is 11.5 Å². The van der Waals surface area contributed by atoms with Crippen molar-refractivity contribution in [1.82, 2.24) is 0 Å². The van der Waals surface area contributed by atoms with Gasteiger partial charge in [-0.2, -0.15) is 0 Å². The number of carbonyl (C=O) groups is 2. The number of methoxy groups -OCH3 is 1. The number of halogens is 1. The van der Waals surface area contributed by atoms with Gasteiger partial charge in [0.25, 0.3) is 11.7 Å². The van der Waals surface area contributed by atoms with E-state index < -0.39 is 17.7 Å². The molecule has 192 valence electrons. The summed E-state index contributed by atoms with van der Waals surface area (Å²) < 4.78 is 16.8. The Labute approximate surface area is 220 Å². The topological polar surface area (TPSA) is 85.3 Å². The number of nitrogens with zero attached hydrogens (tertiary/aromatic N) is 1. The number of Topliss-reactive ketones (excluding diaryl/α,β-unsaturated/α-hetero) is 1. The first kappa shape index (κ1) is 26.1. The molecule has 3 aromatic rings. The zero-order chi connectivity index (χ0) is 26.7. The Balaban J connectivity index is 1.97. The number of ether oxygens (including phenoxy) is 3. The van der Waals surface area contributed by atoms with Gasteiger partial charge in [-0.3, -0.25) is 14.5 Å². The molecule has 8 heteroatoms. The molecule has 1 atom stereocenters. The quantitative estimate of drug-likeness (QED) is 0.220. The van der Waals surface area contributed by atoms with Gasteiger partial charge in [-0.05, 0) is 56.7 Å². The molecular formula is C29H28ClNO6. The standard InChI is InChI=1S/C29H28ClNO6/c1-5-36-23-13-11-20(16-24(23)37-6-2)31-26(18-9-7-8-17(3)14-18)25(28(33)29(31)34)27(32)21-15-19(30)10-12-22(21)35-4/h7-16,26,32H,5-6H2,1-4H3/b27-25+. The Morgan fingerprint density at radius 3 is 2.32 bits per heavy atom. The van der Waals surface area contributed by atoms with Crippen molar-refractivity contribution in [1.29, 1.82) is 0 Å². The third-order valence-electron chi connectivity index (χ3n) is 6.02. The minimum atomic E-state index is -0.906. The Bertz CT molecular complexity index is 1380. The largest absolute Gasteiger partial charge is 0.507 e. The minimum absolute atomic E-state index is 0.0667. The Hall–Kier alpha value is -3.97. The van der Waals surface area contributed by atoms with Crippen molar-refractivity contribution < 1.29 is 28.9 Å². The normalized spacial score (nSPS) is 16.7. The molecule has 1 saturated heterocycles. The second-order valence-electron chi connectivity index (χ2n) is 8.42. The van der Waals surface area contributed by atoms with Crippen molar-refractivity contribution in [2.24, 2.45) is 0 Å². The van der Waals surface area contributed by atoms with E-state index >= 15 is 0 Å². The number of aryl methyl sites for hydroxylation is 1. The maximum absolute atomic E-state index is 13.5. The molecule has 1 fully saturated rings. The van der Waals surface area contributed by atoms with E-state index in [0.29, 0.717) is 46.7 Å². The lowest BCUT2D eigenvalue weighted by atomic mass is 9.94. The van der Waals surface area contributed by atoms with Gasteiger partial charge in [0.15, 0.2) is 11.5 Å². The summed E-state index contributed by atoms with van der Waals surface area (Å²) in [5.41, 5.74) is 2.17. The van der Waals surface area contributed by atoms with E-state index in [1.165, 1.54) is 18.1 Å². The van der Waals surface area contributed by atoms with E-state index in [-0.39, 0.29) is 16.9 Å². The van der Waals surface area contributed by atoms with Gasteiger partial charge in [0.05, 0.1) is 37.5 Å². The molecule has 1 amide bonds. The number of aliphatic hydroxyl groups excluding tert-OH is 1. The van der Waals surface area contributed by atoms with E-state index in [0.717, 1.165) is 5.56 Å². The SMILES string of the molecule is CCOc1ccc(N2C(=O)C(=O)/C(=C(/O)c3cc(Cl)ccc3OC)C2c2cccc(C)c2)cc1OCC. The van der Waals surface area contributed by atoms with Gasteiger partial charge >= 0.3 is 0 Å². The number of carbonyl (C=O) groups excluding carboxylic acids is 2. The molecule has 0 aliphatic carbocycles. The first-order valence-electron chi connectivity index (χ1n) is 11.9. The number of rotatable bonds is 8. The van der Waals surface area contributed by atoms with Gasteiger partial charge < -0.3 is 19.3 Å². The van der Waals surface area contributed by atoms with Crippen LogP contribution in [0.3, 0.4) is 0 Å². The van der Waals surface area contributed by atoms with Crippen LogP contribution in [0.25, 0.3) is 5.76 Å². The highest BCUT2D eigenvalue weighted by Crippen LogP contribution is 2.45. The second kappa shape index (κ2) is 11.0. The van der Waals surface area contributed by atoms with Crippen molar-refractivity contribution in [3.8, 4) is 17.2 Å². The summed E-state index contributed by atoms with van der Waals surface area (Å²) in [6.07, 6.45) is 0. The maximum atomic E-state index is 13.5. The number of aliphatic hydroxyl groups is 1. The second-order valence-corrected chi connectivity index (χ2v) is 8.86. The van der Waals surface area contributed by atoms with Gasteiger partial charge in [-0.25, -0.2) is 0 Å². The highest BCUT2D eigenvalue weighted by molar-refractivity contribution is 6.51. The number of benzene rings is 3.